The lowest BCUT2D eigenvalue weighted by molar-refractivity contribution is 0.0976. The average Bonchev–Trinajstić information content (AvgIpc) is 2.73. The van der Waals surface area contributed by atoms with Crippen LogP contribution in [-0.4, -0.2) is 51.4 Å². The van der Waals surface area contributed by atoms with Gasteiger partial charge in [0.2, 0.25) is 0 Å². The molecule has 0 unspecified atom stereocenters. The van der Waals surface area contributed by atoms with Gasteiger partial charge in [-0.25, -0.2) is 18.1 Å². The molecular formula is C19H20ClN3O5S. The van der Waals surface area contributed by atoms with Gasteiger partial charge in [-0.3, -0.25) is 9.59 Å². The minimum absolute atomic E-state index is 0.0845. The number of nitrogens with zero attached hydrogens (tertiary/aromatic N) is 2. The van der Waals surface area contributed by atoms with Gasteiger partial charge in [0, 0.05) is 31.3 Å². The van der Waals surface area contributed by atoms with Crippen LogP contribution in [-0.2, 0) is 14.8 Å². The predicted octanol–water partition coefficient (Wildman–Crippen LogP) is 2.28. The molecule has 1 aromatic heterocycles. The zero-order valence-corrected chi connectivity index (χ0v) is 17.3. The molecule has 0 aliphatic carbocycles. The minimum atomic E-state index is -4.27. The molecule has 1 saturated heterocycles. The van der Waals surface area contributed by atoms with E-state index >= 15 is 0 Å². The molecule has 0 radical (unpaired) electrons. The number of anilines is 1. The monoisotopic (exact) mass is 437 g/mol. The van der Waals surface area contributed by atoms with E-state index in [0.717, 1.165) is 0 Å². The highest BCUT2D eigenvalue weighted by Gasteiger charge is 2.23. The number of carbonyl (C=O) groups is 2. The molecule has 0 bridgehead atoms. The van der Waals surface area contributed by atoms with Gasteiger partial charge in [0.25, 0.3) is 15.9 Å². The lowest BCUT2D eigenvalue weighted by atomic mass is 10.1. The van der Waals surface area contributed by atoms with Crippen molar-refractivity contribution in [2.24, 2.45) is 0 Å². The van der Waals surface area contributed by atoms with E-state index in [1.54, 1.807) is 13.0 Å². The third-order valence-corrected chi connectivity index (χ3v) is 6.25. The fourth-order valence-corrected chi connectivity index (χ4v) is 4.32. The van der Waals surface area contributed by atoms with E-state index in [4.69, 9.17) is 16.3 Å². The Balaban J connectivity index is 1.78. The van der Waals surface area contributed by atoms with Gasteiger partial charge in [-0.15, -0.1) is 0 Å². The summed E-state index contributed by atoms with van der Waals surface area (Å²) in [5.74, 6) is -0.386. The SMILES string of the molecule is CCC(=O)c1ccc(Cl)c(S(=O)(=O)NC(=O)c2ccc(N3CCOCC3)nc2)c1. The zero-order chi connectivity index (χ0) is 21.0. The Kier molecular flexibility index (Phi) is 6.51. The number of morpholine rings is 1. The summed E-state index contributed by atoms with van der Waals surface area (Å²) < 4.78 is 32.6. The number of amides is 1. The maximum absolute atomic E-state index is 12.6. The highest BCUT2D eigenvalue weighted by Crippen LogP contribution is 2.23. The molecule has 1 aliphatic rings. The summed E-state index contributed by atoms with van der Waals surface area (Å²) in [6.45, 7) is 4.25. The van der Waals surface area contributed by atoms with Gasteiger partial charge in [-0.1, -0.05) is 18.5 Å². The number of rotatable bonds is 6. The second-order valence-corrected chi connectivity index (χ2v) is 8.42. The van der Waals surface area contributed by atoms with Crippen molar-refractivity contribution < 1.29 is 22.7 Å². The Hall–Kier alpha value is -2.49. The molecule has 29 heavy (non-hydrogen) atoms. The molecule has 3 rings (SSSR count). The van der Waals surface area contributed by atoms with Crippen molar-refractivity contribution in [1.82, 2.24) is 9.71 Å². The van der Waals surface area contributed by atoms with Crippen LogP contribution in [0.3, 0.4) is 0 Å². The number of halogens is 1. The maximum atomic E-state index is 12.6. The van der Waals surface area contributed by atoms with Crippen molar-refractivity contribution in [3.8, 4) is 0 Å². The van der Waals surface area contributed by atoms with Crippen LogP contribution < -0.4 is 9.62 Å². The van der Waals surface area contributed by atoms with Crippen LogP contribution in [0.1, 0.15) is 34.1 Å². The molecule has 0 saturated carbocycles. The van der Waals surface area contributed by atoms with E-state index in [0.29, 0.717) is 32.1 Å². The zero-order valence-electron chi connectivity index (χ0n) is 15.7. The first-order valence-corrected chi connectivity index (χ1v) is 10.9. The van der Waals surface area contributed by atoms with Gasteiger partial charge >= 0.3 is 0 Å². The Morgan fingerprint density at radius 3 is 2.48 bits per heavy atom. The van der Waals surface area contributed by atoms with Gasteiger partial charge in [0.05, 0.1) is 23.8 Å². The van der Waals surface area contributed by atoms with Gasteiger partial charge in [0.15, 0.2) is 5.78 Å². The highest BCUT2D eigenvalue weighted by molar-refractivity contribution is 7.90. The molecule has 10 heteroatoms. The van der Waals surface area contributed by atoms with Crippen molar-refractivity contribution in [3.63, 3.8) is 0 Å². The van der Waals surface area contributed by atoms with Crippen LogP contribution in [0.25, 0.3) is 0 Å². The second kappa shape index (κ2) is 8.89. The molecule has 8 nitrogen and oxygen atoms in total. The van der Waals surface area contributed by atoms with E-state index in [9.17, 15) is 18.0 Å². The number of Topliss-reactive ketones (excluding diaryl/α,β-unsaturated/α-hetero) is 1. The fourth-order valence-electron chi connectivity index (χ4n) is 2.82. The molecule has 1 amide bonds. The summed E-state index contributed by atoms with van der Waals surface area (Å²) in [6, 6.07) is 7.09. The number of benzene rings is 1. The number of hydrogen-bond donors (Lipinski definition) is 1. The number of pyridine rings is 1. The van der Waals surface area contributed by atoms with Crippen LogP contribution in [0.15, 0.2) is 41.4 Å². The van der Waals surface area contributed by atoms with Crippen LogP contribution in [0.5, 0.6) is 0 Å². The summed E-state index contributed by atoms with van der Waals surface area (Å²) in [6.07, 6.45) is 1.53. The van der Waals surface area contributed by atoms with Crippen LogP contribution in [0.2, 0.25) is 5.02 Å². The Bertz CT molecular complexity index is 1020. The van der Waals surface area contributed by atoms with Crippen molar-refractivity contribution in [2.75, 3.05) is 31.2 Å². The van der Waals surface area contributed by atoms with Gasteiger partial charge in [0.1, 0.15) is 10.7 Å². The highest BCUT2D eigenvalue weighted by atomic mass is 35.5. The van der Waals surface area contributed by atoms with E-state index in [1.165, 1.54) is 30.5 Å². The summed E-state index contributed by atoms with van der Waals surface area (Å²) in [5.41, 5.74) is 0.295. The minimum Gasteiger partial charge on any atom is -0.378 e. The first kappa shape index (κ1) is 21.2. The van der Waals surface area contributed by atoms with E-state index in [1.807, 2.05) is 9.62 Å². The van der Waals surface area contributed by atoms with Crippen LogP contribution >= 0.6 is 11.6 Å². The molecule has 2 heterocycles. The molecule has 1 fully saturated rings. The Labute approximate surface area is 173 Å². The number of sulfonamides is 1. The topological polar surface area (TPSA) is 106 Å². The molecule has 0 spiro atoms. The number of ketones is 1. The van der Waals surface area contributed by atoms with Crippen LogP contribution in [0.4, 0.5) is 5.82 Å². The Morgan fingerprint density at radius 2 is 1.86 bits per heavy atom. The normalized spacial score (nSPS) is 14.5. The number of nitrogens with one attached hydrogen (secondary N) is 1. The summed E-state index contributed by atoms with van der Waals surface area (Å²) in [7, 11) is -4.27. The van der Waals surface area contributed by atoms with E-state index < -0.39 is 15.9 Å². The molecule has 0 atom stereocenters. The quantitative estimate of drug-likeness (QED) is 0.691. The van der Waals surface area contributed by atoms with Crippen molar-refractivity contribution in [2.45, 2.75) is 18.2 Å². The van der Waals surface area contributed by atoms with Crippen molar-refractivity contribution >= 4 is 39.1 Å². The number of hydrogen-bond acceptors (Lipinski definition) is 7. The number of carbonyl (C=O) groups excluding carboxylic acids is 2. The standard InChI is InChI=1S/C19H20ClN3O5S/c1-2-16(24)13-3-5-15(20)17(11-13)29(26,27)22-19(25)14-4-6-18(21-12-14)23-7-9-28-10-8-23/h3-6,11-12H,2,7-10H2,1H3,(H,22,25). The maximum Gasteiger partial charge on any atom is 0.266 e. The first-order valence-electron chi connectivity index (χ1n) is 9.00. The van der Waals surface area contributed by atoms with E-state index in [-0.39, 0.29) is 33.2 Å². The fraction of sp³-hybridized carbons (Fsp3) is 0.316. The number of ether oxygens (including phenoxy) is 1. The van der Waals surface area contributed by atoms with Gasteiger partial charge in [-0.2, -0.15) is 0 Å². The predicted molar refractivity (Wildman–Crippen MR) is 108 cm³/mol. The van der Waals surface area contributed by atoms with Crippen molar-refractivity contribution in [1.29, 1.82) is 0 Å². The lowest BCUT2D eigenvalue weighted by Gasteiger charge is -2.27. The smallest absolute Gasteiger partial charge is 0.266 e. The van der Waals surface area contributed by atoms with Gasteiger partial charge < -0.3 is 9.64 Å². The molecule has 2 aromatic rings. The average molecular weight is 438 g/mol. The Morgan fingerprint density at radius 1 is 1.17 bits per heavy atom. The first-order chi connectivity index (χ1) is 13.8. The van der Waals surface area contributed by atoms with Crippen molar-refractivity contribution in [3.05, 3.63) is 52.7 Å². The molecule has 1 N–H and O–H groups in total. The molecule has 154 valence electrons. The summed E-state index contributed by atoms with van der Waals surface area (Å²) in [4.78, 5) is 30.2. The molecule has 1 aliphatic heterocycles. The summed E-state index contributed by atoms with van der Waals surface area (Å²) >= 11 is 6.00. The van der Waals surface area contributed by atoms with Gasteiger partial charge in [-0.05, 0) is 30.3 Å². The third-order valence-electron chi connectivity index (χ3n) is 4.44. The largest absolute Gasteiger partial charge is 0.378 e. The molecular weight excluding hydrogens is 418 g/mol. The van der Waals surface area contributed by atoms with Crippen LogP contribution in [0, 0.1) is 0 Å². The lowest BCUT2D eigenvalue weighted by Crippen LogP contribution is -2.36. The second-order valence-electron chi connectivity index (χ2n) is 6.36. The van der Waals surface area contributed by atoms with E-state index in [2.05, 4.69) is 4.98 Å². The third kappa shape index (κ3) is 4.92. The number of aromatic nitrogens is 1. The molecule has 1 aromatic carbocycles. The summed E-state index contributed by atoms with van der Waals surface area (Å²) in [5, 5.41) is -0.0845.